The number of tetrazole rings is 1. The second-order valence-electron chi connectivity index (χ2n) is 5.54. The summed E-state index contributed by atoms with van der Waals surface area (Å²) in [6.07, 6.45) is 8.87. The molecule has 1 heterocycles. The summed E-state index contributed by atoms with van der Waals surface area (Å²) in [6, 6.07) is 0.491. The molecule has 0 bridgehead atoms. The number of ketones is 1. The fourth-order valence-electron chi connectivity index (χ4n) is 3.14. The zero-order valence-corrected chi connectivity index (χ0v) is 11.9. The summed E-state index contributed by atoms with van der Waals surface area (Å²) in [5, 5.41) is 13.0. The van der Waals surface area contributed by atoms with Crippen LogP contribution >= 0.6 is 11.8 Å². The van der Waals surface area contributed by atoms with Gasteiger partial charge in [-0.25, -0.2) is 4.68 Å². The molecule has 104 valence electrons. The molecule has 3 rings (SSSR count). The molecule has 0 amide bonds. The predicted octanol–water partition coefficient (Wildman–Crippen LogP) is 2.64. The van der Waals surface area contributed by atoms with Crippen molar-refractivity contribution in [3.63, 3.8) is 0 Å². The van der Waals surface area contributed by atoms with Gasteiger partial charge in [-0.1, -0.05) is 24.6 Å². The van der Waals surface area contributed by atoms with E-state index in [4.69, 9.17) is 0 Å². The lowest BCUT2D eigenvalue weighted by Crippen LogP contribution is -2.10. The molecule has 1 unspecified atom stereocenters. The molecule has 0 aromatic carbocycles. The van der Waals surface area contributed by atoms with Crippen molar-refractivity contribution in [3.8, 4) is 0 Å². The summed E-state index contributed by atoms with van der Waals surface area (Å²) in [6.45, 7) is 0. The van der Waals surface area contributed by atoms with E-state index in [2.05, 4.69) is 15.5 Å². The third kappa shape index (κ3) is 2.99. The van der Waals surface area contributed by atoms with Gasteiger partial charge in [-0.3, -0.25) is 4.79 Å². The number of thioether (sulfide) groups is 1. The third-order valence-electron chi connectivity index (χ3n) is 4.26. The average molecular weight is 280 g/mol. The van der Waals surface area contributed by atoms with Crippen molar-refractivity contribution in [1.82, 2.24) is 20.2 Å². The maximum Gasteiger partial charge on any atom is 0.209 e. The number of hydrogen-bond donors (Lipinski definition) is 0. The van der Waals surface area contributed by atoms with Crippen LogP contribution in [0.25, 0.3) is 0 Å². The molecule has 1 aromatic rings. The van der Waals surface area contributed by atoms with Crippen LogP contribution in [0.5, 0.6) is 0 Å². The quantitative estimate of drug-likeness (QED) is 0.776. The van der Waals surface area contributed by atoms with Crippen LogP contribution in [0.1, 0.15) is 57.4 Å². The SMILES string of the molecule is O=C1CCCC1CCSc1nnnn1C1CCCC1. The van der Waals surface area contributed by atoms with Gasteiger partial charge in [0.15, 0.2) is 0 Å². The highest BCUT2D eigenvalue weighted by Crippen LogP contribution is 2.32. The molecule has 0 aliphatic heterocycles. The fourth-order valence-corrected chi connectivity index (χ4v) is 4.14. The molecule has 5 nitrogen and oxygen atoms in total. The van der Waals surface area contributed by atoms with E-state index in [0.29, 0.717) is 17.7 Å². The maximum atomic E-state index is 11.6. The first-order chi connectivity index (χ1) is 9.34. The Labute approximate surface area is 117 Å². The fraction of sp³-hybridized carbons (Fsp3) is 0.846. The molecule has 2 saturated carbocycles. The minimum absolute atomic E-state index is 0.295. The van der Waals surface area contributed by atoms with Crippen molar-refractivity contribution >= 4 is 17.5 Å². The molecule has 0 spiro atoms. The van der Waals surface area contributed by atoms with Crippen LogP contribution < -0.4 is 0 Å². The Balaban J connectivity index is 1.52. The van der Waals surface area contributed by atoms with Crippen molar-refractivity contribution in [2.45, 2.75) is 62.6 Å². The Kier molecular flexibility index (Phi) is 4.15. The van der Waals surface area contributed by atoms with Crippen LogP contribution in [-0.4, -0.2) is 31.7 Å². The highest BCUT2D eigenvalue weighted by Gasteiger charge is 2.25. The Bertz CT molecular complexity index is 442. The highest BCUT2D eigenvalue weighted by atomic mass is 32.2. The molecule has 0 saturated heterocycles. The normalized spacial score (nSPS) is 24.4. The lowest BCUT2D eigenvalue weighted by Gasteiger charge is -2.11. The van der Waals surface area contributed by atoms with Crippen molar-refractivity contribution in [2.75, 3.05) is 5.75 Å². The zero-order valence-electron chi connectivity index (χ0n) is 11.1. The monoisotopic (exact) mass is 280 g/mol. The van der Waals surface area contributed by atoms with Gasteiger partial charge in [0.05, 0.1) is 6.04 Å². The van der Waals surface area contributed by atoms with Gasteiger partial charge in [0, 0.05) is 18.1 Å². The molecule has 2 fully saturated rings. The number of carbonyl (C=O) groups is 1. The number of carbonyl (C=O) groups excluding carboxylic acids is 1. The van der Waals surface area contributed by atoms with Crippen LogP contribution in [0.15, 0.2) is 5.16 Å². The van der Waals surface area contributed by atoms with Crippen molar-refractivity contribution in [3.05, 3.63) is 0 Å². The summed E-state index contributed by atoms with van der Waals surface area (Å²) in [7, 11) is 0. The van der Waals surface area contributed by atoms with Crippen LogP contribution in [0.3, 0.4) is 0 Å². The van der Waals surface area contributed by atoms with E-state index in [9.17, 15) is 4.79 Å². The lowest BCUT2D eigenvalue weighted by atomic mass is 10.1. The molecule has 0 radical (unpaired) electrons. The van der Waals surface area contributed by atoms with Crippen LogP contribution in [0.2, 0.25) is 0 Å². The van der Waals surface area contributed by atoms with E-state index >= 15 is 0 Å². The van der Waals surface area contributed by atoms with Gasteiger partial charge in [-0.2, -0.15) is 0 Å². The lowest BCUT2D eigenvalue weighted by molar-refractivity contribution is -0.120. The molecule has 19 heavy (non-hydrogen) atoms. The third-order valence-corrected chi connectivity index (χ3v) is 5.23. The summed E-state index contributed by atoms with van der Waals surface area (Å²) in [4.78, 5) is 11.6. The number of aromatic nitrogens is 4. The van der Waals surface area contributed by atoms with Gasteiger partial charge in [0.1, 0.15) is 5.78 Å². The zero-order chi connectivity index (χ0) is 13.1. The standard InChI is InChI=1S/C13H20N4OS/c18-12-7-3-4-10(12)8-9-19-13-14-15-16-17(13)11-5-1-2-6-11/h10-11H,1-9H2. The second-order valence-corrected chi connectivity index (χ2v) is 6.60. The van der Waals surface area contributed by atoms with Crippen LogP contribution in [0, 0.1) is 5.92 Å². The second kappa shape index (κ2) is 6.03. The molecule has 1 aromatic heterocycles. The van der Waals surface area contributed by atoms with Crippen LogP contribution in [0.4, 0.5) is 0 Å². The van der Waals surface area contributed by atoms with Gasteiger partial charge < -0.3 is 0 Å². The molecule has 2 aliphatic rings. The number of Topliss-reactive ketones (excluding diaryl/α,β-unsaturated/α-hetero) is 1. The molecule has 1 atom stereocenters. The first kappa shape index (κ1) is 13.1. The largest absolute Gasteiger partial charge is 0.299 e. The number of nitrogens with zero attached hydrogens (tertiary/aromatic N) is 4. The summed E-state index contributed by atoms with van der Waals surface area (Å²) in [5.41, 5.74) is 0. The topological polar surface area (TPSA) is 60.7 Å². The van der Waals surface area contributed by atoms with E-state index in [1.807, 2.05) is 4.68 Å². The number of hydrogen-bond acceptors (Lipinski definition) is 5. The van der Waals surface area contributed by atoms with Gasteiger partial charge in [0.25, 0.3) is 0 Å². The number of rotatable bonds is 5. The molecular weight excluding hydrogens is 260 g/mol. The van der Waals surface area contributed by atoms with Gasteiger partial charge in [-0.05, 0) is 42.5 Å². The minimum Gasteiger partial charge on any atom is -0.299 e. The Morgan fingerprint density at radius 2 is 2.05 bits per heavy atom. The summed E-state index contributed by atoms with van der Waals surface area (Å²) >= 11 is 1.70. The van der Waals surface area contributed by atoms with Crippen molar-refractivity contribution in [1.29, 1.82) is 0 Å². The van der Waals surface area contributed by atoms with Gasteiger partial charge >= 0.3 is 0 Å². The summed E-state index contributed by atoms with van der Waals surface area (Å²) in [5.74, 6) is 1.70. The predicted molar refractivity (Wildman–Crippen MR) is 73.0 cm³/mol. The van der Waals surface area contributed by atoms with E-state index in [0.717, 1.165) is 36.6 Å². The molecular formula is C13H20N4OS. The molecule has 2 aliphatic carbocycles. The average Bonchev–Trinajstić information content (AvgIpc) is 3.11. The Hall–Kier alpha value is -0.910. The van der Waals surface area contributed by atoms with E-state index in [1.54, 1.807) is 11.8 Å². The van der Waals surface area contributed by atoms with Crippen LogP contribution in [-0.2, 0) is 4.79 Å². The van der Waals surface area contributed by atoms with E-state index < -0.39 is 0 Å². The molecule has 0 N–H and O–H groups in total. The van der Waals surface area contributed by atoms with Crippen molar-refractivity contribution in [2.24, 2.45) is 5.92 Å². The maximum absolute atomic E-state index is 11.6. The first-order valence-corrected chi connectivity index (χ1v) is 8.26. The van der Waals surface area contributed by atoms with Crippen molar-refractivity contribution < 1.29 is 4.79 Å². The first-order valence-electron chi connectivity index (χ1n) is 7.28. The van der Waals surface area contributed by atoms with E-state index in [1.165, 1.54) is 25.7 Å². The minimum atomic E-state index is 0.295. The Morgan fingerprint density at radius 1 is 1.21 bits per heavy atom. The van der Waals surface area contributed by atoms with Gasteiger partial charge in [-0.15, -0.1) is 5.10 Å². The smallest absolute Gasteiger partial charge is 0.209 e. The molecule has 6 heteroatoms. The van der Waals surface area contributed by atoms with Gasteiger partial charge in [0.2, 0.25) is 5.16 Å². The Morgan fingerprint density at radius 3 is 2.79 bits per heavy atom. The van der Waals surface area contributed by atoms with E-state index in [-0.39, 0.29) is 0 Å². The summed E-state index contributed by atoms with van der Waals surface area (Å²) < 4.78 is 1.99. The highest BCUT2D eigenvalue weighted by molar-refractivity contribution is 7.99.